The smallest absolute Gasteiger partial charge is 0.223 e. The van der Waals surface area contributed by atoms with Crippen LogP contribution in [0.1, 0.15) is 74.6 Å². The van der Waals surface area contributed by atoms with Gasteiger partial charge in [-0.25, -0.2) is 0 Å². The number of unbranched alkanes of at least 4 members (excludes halogenated alkanes) is 1. The molecule has 1 saturated heterocycles. The number of nitrogens with one attached hydrogen (secondary N) is 1. The number of hydrogen-bond donors (Lipinski definition) is 1. The van der Waals surface area contributed by atoms with Crippen molar-refractivity contribution in [2.75, 3.05) is 46.9 Å². The Bertz CT molecular complexity index is 737. The number of likely N-dealkylation sites (tertiary alicyclic amines) is 1. The van der Waals surface area contributed by atoms with Crippen molar-refractivity contribution < 1.29 is 9.53 Å². The third-order valence-corrected chi connectivity index (χ3v) is 7.56. The summed E-state index contributed by atoms with van der Waals surface area (Å²) in [6.45, 7) is 11.6. The van der Waals surface area contributed by atoms with Crippen molar-refractivity contribution in [1.29, 1.82) is 0 Å². The van der Waals surface area contributed by atoms with Gasteiger partial charge in [-0.1, -0.05) is 25.3 Å². The minimum atomic E-state index is 0.262. The topological polar surface area (TPSA) is 44.8 Å². The molecule has 1 aromatic rings. The van der Waals surface area contributed by atoms with Gasteiger partial charge in [-0.05, 0) is 89.9 Å². The number of hydrogen-bond acceptors (Lipinski definition) is 4. The second-order valence-corrected chi connectivity index (χ2v) is 10.3. The average molecular weight is 444 g/mol. The quantitative estimate of drug-likeness (QED) is 0.503. The minimum Gasteiger partial charge on any atom is -0.493 e. The zero-order valence-electron chi connectivity index (χ0n) is 21.1. The fourth-order valence-corrected chi connectivity index (χ4v) is 5.14. The van der Waals surface area contributed by atoms with Gasteiger partial charge in [0.2, 0.25) is 5.91 Å². The number of benzene rings is 1. The first kappa shape index (κ1) is 25.0. The average Bonchev–Trinajstić information content (AvgIpc) is 2.75. The van der Waals surface area contributed by atoms with Crippen molar-refractivity contribution >= 4 is 5.91 Å². The lowest BCUT2D eigenvalue weighted by Crippen LogP contribution is -2.52. The molecular formula is C27H45N3O2. The lowest BCUT2D eigenvalue weighted by Gasteiger charge is -2.44. The molecule has 1 unspecified atom stereocenters. The Kier molecular flexibility index (Phi) is 9.42. The number of nitrogens with zero attached hydrogens (tertiary/aromatic N) is 2. The number of carbonyl (C=O) groups is 1. The summed E-state index contributed by atoms with van der Waals surface area (Å²) < 4.78 is 6.08. The van der Waals surface area contributed by atoms with Crippen LogP contribution in [-0.2, 0) is 4.79 Å². The Morgan fingerprint density at radius 3 is 2.53 bits per heavy atom. The molecule has 1 aliphatic heterocycles. The number of ether oxygens (including phenoxy) is 1. The zero-order chi connectivity index (χ0) is 23.1. The maximum atomic E-state index is 12.4. The SMILES string of the molecule is Cc1c(OCCCCN(C)C)ccc(C(C)N2CC(CNC(=O)C3CCCCC3)C2)c1C. The molecule has 0 aromatic heterocycles. The zero-order valence-corrected chi connectivity index (χ0v) is 21.1. The van der Waals surface area contributed by atoms with E-state index >= 15 is 0 Å². The molecule has 5 nitrogen and oxygen atoms in total. The summed E-state index contributed by atoms with van der Waals surface area (Å²) >= 11 is 0. The first-order chi connectivity index (χ1) is 15.4. The molecule has 2 aliphatic rings. The lowest BCUT2D eigenvalue weighted by atomic mass is 9.88. The summed E-state index contributed by atoms with van der Waals surface area (Å²) in [5.41, 5.74) is 4.00. The van der Waals surface area contributed by atoms with Crippen LogP contribution in [0.3, 0.4) is 0 Å². The molecule has 0 spiro atoms. The van der Waals surface area contributed by atoms with E-state index < -0.39 is 0 Å². The maximum absolute atomic E-state index is 12.4. The van der Waals surface area contributed by atoms with Crippen molar-refractivity contribution in [3.63, 3.8) is 0 Å². The summed E-state index contributed by atoms with van der Waals surface area (Å²) in [5, 5.41) is 3.23. The van der Waals surface area contributed by atoms with E-state index in [2.05, 4.69) is 62.1 Å². The highest BCUT2D eigenvalue weighted by Gasteiger charge is 2.32. The monoisotopic (exact) mass is 443 g/mol. The first-order valence-electron chi connectivity index (χ1n) is 12.8. The molecule has 1 heterocycles. The van der Waals surface area contributed by atoms with Crippen LogP contribution in [0.15, 0.2) is 12.1 Å². The molecule has 2 fully saturated rings. The fourth-order valence-electron chi connectivity index (χ4n) is 5.14. The number of carbonyl (C=O) groups excluding carboxylic acids is 1. The summed E-state index contributed by atoms with van der Waals surface area (Å²) in [4.78, 5) is 17.1. The van der Waals surface area contributed by atoms with Crippen LogP contribution in [0.25, 0.3) is 0 Å². The lowest BCUT2D eigenvalue weighted by molar-refractivity contribution is -0.126. The van der Waals surface area contributed by atoms with E-state index in [1.54, 1.807) is 0 Å². The van der Waals surface area contributed by atoms with Crippen LogP contribution in [0.4, 0.5) is 0 Å². The van der Waals surface area contributed by atoms with Gasteiger partial charge in [0.05, 0.1) is 6.61 Å². The molecule has 1 amide bonds. The van der Waals surface area contributed by atoms with Gasteiger partial charge >= 0.3 is 0 Å². The summed E-state index contributed by atoms with van der Waals surface area (Å²) in [6.07, 6.45) is 8.13. The van der Waals surface area contributed by atoms with Gasteiger partial charge in [-0.15, -0.1) is 0 Å². The third-order valence-electron chi connectivity index (χ3n) is 7.56. The van der Waals surface area contributed by atoms with Gasteiger partial charge in [-0.2, -0.15) is 0 Å². The second kappa shape index (κ2) is 12.0. The Hall–Kier alpha value is -1.59. The molecule has 3 rings (SSSR count). The molecule has 32 heavy (non-hydrogen) atoms. The van der Waals surface area contributed by atoms with E-state index in [4.69, 9.17) is 4.74 Å². The highest BCUT2D eigenvalue weighted by molar-refractivity contribution is 5.78. The molecule has 1 N–H and O–H groups in total. The van der Waals surface area contributed by atoms with Crippen molar-refractivity contribution in [2.45, 2.75) is 71.8 Å². The normalized spacial score (nSPS) is 19.1. The molecule has 0 radical (unpaired) electrons. The highest BCUT2D eigenvalue weighted by Crippen LogP contribution is 2.34. The van der Waals surface area contributed by atoms with Crippen molar-refractivity contribution in [1.82, 2.24) is 15.1 Å². The Morgan fingerprint density at radius 2 is 1.84 bits per heavy atom. The minimum absolute atomic E-state index is 0.262. The van der Waals surface area contributed by atoms with Crippen molar-refractivity contribution in [3.8, 4) is 5.75 Å². The van der Waals surface area contributed by atoms with E-state index in [-0.39, 0.29) is 5.92 Å². The van der Waals surface area contributed by atoms with Crippen LogP contribution in [-0.4, -0.2) is 62.6 Å². The van der Waals surface area contributed by atoms with Crippen LogP contribution in [0.5, 0.6) is 5.75 Å². The number of amides is 1. The van der Waals surface area contributed by atoms with Crippen LogP contribution in [0, 0.1) is 25.7 Å². The molecule has 0 bridgehead atoms. The van der Waals surface area contributed by atoms with Crippen molar-refractivity contribution in [2.24, 2.45) is 11.8 Å². The van der Waals surface area contributed by atoms with Gasteiger partial charge in [0.1, 0.15) is 5.75 Å². The van der Waals surface area contributed by atoms with E-state index in [9.17, 15) is 4.79 Å². The Labute approximate surface area is 195 Å². The number of rotatable bonds is 11. The molecule has 180 valence electrons. The van der Waals surface area contributed by atoms with Crippen molar-refractivity contribution in [3.05, 3.63) is 28.8 Å². The fraction of sp³-hybridized carbons (Fsp3) is 0.741. The van der Waals surface area contributed by atoms with Gasteiger partial charge in [0, 0.05) is 37.5 Å². The van der Waals surface area contributed by atoms with Gasteiger partial charge in [-0.3, -0.25) is 9.69 Å². The van der Waals surface area contributed by atoms with E-state index in [0.717, 1.165) is 64.2 Å². The summed E-state index contributed by atoms with van der Waals surface area (Å²) in [6, 6.07) is 4.80. The van der Waals surface area contributed by atoms with Gasteiger partial charge in [0.25, 0.3) is 0 Å². The molecule has 1 aromatic carbocycles. The summed E-state index contributed by atoms with van der Waals surface area (Å²) in [5.74, 6) is 2.16. The largest absolute Gasteiger partial charge is 0.493 e. The third kappa shape index (κ3) is 6.71. The van der Waals surface area contributed by atoms with Crippen LogP contribution < -0.4 is 10.1 Å². The second-order valence-electron chi connectivity index (χ2n) is 10.3. The Balaban J connectivity index is 1.42. The first-order valence-corrected chi connectivity index (χ1v) is 12.8. The van der Waals surface area contributed by atoms with E-state index in [0.29, 0.717) is 17.9 Å². The molecule has 1 aliphatic carbocycles. The molecule has 1 atom stereocenters. The molecule has 5 heteroatoms. The molecule has 1 saturated carbocycles. The predicted octanol–water partition coefficient (Wildman–Crippen LogP) is 4.71. The van der Waals surface area contributed by atoms with Crippen LogP contribution in [0.2, 0.25) is 0 Å². The van der Waals surface area contributed by atoms with E-state index in [1.807, 2.05) is 0 Å². The maximum Gasteiger partial charge on any atom is 0.223 e. The standard InChI is InChI=1S/C27H45N3O2/c1-20-21(2)26(32-16-10-9-15-29(4)5)14-13-25(20)22(3)30-18-23(19-30)17-28-27(31)24-11-7-6-8-12-24/h13-14,22-24H,6-12,15-19H2,1-5H3,(H,28,31). The summed E-state index contributed by atoms with van der Waals surface area (Å²) in [7, 11) is 4.23. The van der Waals surface area contributed by atoms with Gasteiger partial charge < -0.3 is 15.0 Å². The predicted molar refractivity (Wildman–Crippen MR) is 132 cm³/mol. The van der Waals surface area contributed by atoms with Crippen LogP contribution >= 0.6 is 0 Å². The van der Waals surface area contributed by atoms with Gasteiger partial charge in [0.15, 0.2) is 0 Å². The van der Waals surface area contributed by atoms with E-state index in [1.165, 1.54) is 36.0 Å². The Morgan fingerprint density at radius 1 is 1.12 bits per heavy atom. The highest BCUT2D eigenvalue weighted by atomic mass is 16.5. The molecular weight excluding hydrogens is 398 g/mol.